The minimum Gasteiger partial charge on any atom is -0.497 e. The van der Waals surface area contributed by atoms with Gasteiger partial charge in [0.1, 0.15) is 28.8 Å². The van der Waals surface area contributed by atoms with Gasteiger partial charge in [-0.05, 0) is 32.9 Å². The highest BCUT2D eigenvalue weighted by Crippen LogP contribution is 2.26. The molecule has 0 fully saturated rings. The van der Waals surface area contributed by atoms with Crippen LogP contribution in [0.25, 0.3) is 11.0 Å². The van der Waals surface area contributed by atoms with E-state index in [0.29, 0.717) is 11.3 Å². The summed E-state index contributed by atoms with van der Waals surface area (Å²) in [4.78, 5) is 19.9. The van der Waals surface area contributed by atoms with E-state index < -0.39 is 29.4 Å². The zero-order valence-electron chi connectivity index (χ0n) is 16.7. The van der Waals surface area contributed by atoms with Crippen LogP contribution in [0.2, 0.25) is 0 Å². The number of halogens is 2. The number of benzene rings is 2. The van der Waals surface area contributed by atoms with Crippen molar-refractivity contribution in [2.75, 3.05) is 7.11 Å². The molecule has 1 unspecified atom stereocenters. The van der Waals surface area contributed by atoms with Crippen LogP contribution < -0.4 is 10.1 Å². The first-order chi connectivity index (χ1) is 13.7. The largest absolute Gasteiger partial charge is 0.497 e. The van der Waals surface area contributed by atoms with Gasteiger partial charge in [-0.3, -0.25) is 0 Å². The molecule has 0 aliphatic rings. The molecule has 3 rings (SSSR count). The van der Waals surface area contributed by atoms with Crippen LogP contribution in [0.15, 0.2) is 36.4 Å². The number of nitrogens with one attached hydrogen (secondary N) is 2. The van der Waals surface area contributed by atoms with Crippen molar-refractivity contribution >= 4 is 17.1 Å². The fourth-order valence-electron chi connectivity index (χ4n) is 2.90. The number of amides is 1. The second-order valence-corrected chi connectivity index (χ2v) is 7.61. The molecular formula is C21H23F2N3O3. The highest BCUT2D eigenvalue weighted by Gasteiger charge is 2.25. The molecule has 29 heavy (non-hydrogen) atoms. The fraction of sp³-hybridized carbons (Fsp3) is 0.333. The Morgan fingerprint density at radius 1 is 1.21 bits per heavy atom. The maximum atomic E-state index is 14.5. The summed E-state index contributed by atoms with van der Waals surface area (Å²) in [5.74, 6) is -1.10. The monoisotopic (exact) mass is 403 g/mol. The van der Waals surface area contributed by atoms with Gasteiger partial charge in [-0.1, -0.05) is 12.1 Å². The van der Waals surface area contributed by atoms with Crippen molar-refractivity contribution in [1.82, 2.24) is 15.3 Å². The number of para-hydroxylation sites is 2. The maximum absolute atomic E-state index is 14.5. The summed E-state index contributed by atoms with van der Waals surface area (Å²) in [6.45, 7) is 5.18. The van der Waals surface area contributed by atoms with Gasteiger partial charge in [0.25, 0.3) is 0 Å². The van der Waals surface area contributed by atoms with Gasteiger partial charge in [0.05, 0.1) is 24.2 Å². The molecule has 0 saturated carbocycles. The smallest absolute Gasteiger partial charge is 0.408 e. The van der Waals surface area contributed by atoms with Gasteiger partial charge >= 0.3 is 6.09 Å². The average molecular weight is 403 g/mol. The number of aromatic nitrogens is 2. The predicted octanol–water partition coefficient (Wildman–Crippen LogP) is 4.66. The molecule has 1 amide bonds. The summed E-state index contributed by atoms with van der Waals surface area (Å²) in [5, 5.41) is 2.66. The highest BCUT2D eigenvalue weighted by molar-refractivity contribution is 5.75. The highest BCUT2D eigenvalue weighted by atomic mass is 19.1. The molecular weight excluding hydrogens is 380 g/mol. The summed E-state index contributed by atoms with van der Waals surface area (Å²) >= 11 is 0. The molecule has 1 heterocycles. The van der Waals surface area contributed by atoms with E-state index >= 15 is 0 Å². The first-order valence-corrected chi connectivity index (χ1v) is 9.12. The molecule has 2 N–H and O–H groups in total. The summed E-state index contributed by atoms with van der Waals surface area (Å²) in [7, 11) is 1.33. The lowest BCUT2D eigenvalue weighted by atomic mass is 10.0. The van der Waals surface area contributed by atoms with E-state index in [1.807, 2.05) is 18.2 Å². The number of methoxy groups -OCH3 is 1. The van der Waals surface area contributed by atoms with Crippen molar-refractivity contribution in [2.24, 2.45) is 0 Å². The molecule has 6 nitrogen and oxygen atoms in total. The Morgan fingerprint density at radius 3 is 2.45 bits per heavy atom. The molecule has 0 spiro atoms. The third-order valence-corrected chi connectivity index (χ3v) is 4.19. The van der Waals surface area contributed by atoms with Gasteiger partial charge in [0.2, 0.25) is 0 Å². The number of H-pyrrole nitrogens is 1. The Balaban J connectivity index is 1.95. The SMILES string of the molecule is COc1cc(F)c(CC(NC(=O)OC(C)(C)C)c2nc3ccccc3[nH]2)c(F)c1. The van der Waals surface area contributed by atoms with Gasteiger partial charge in [-0.2, -0.15) is 0 Å². The van der Waals surface area contributed by atoms with E-state index in [0.717, 1.165) is 17.6 Å². The van der Waals surface area contributed by atoms with Gasteiger partial charge in [-0.15, -0.1) is 0 Å². The first kappa shape index (κ1) is 20.6. The molecule has 8 heteroatoms. The van der Waals surface area contributed by atoms with E-state index in [2.05, 4.69) is 15.3 Å². The number of rotatable bonds is 5. The van der Waals surface area contributed by atoms with Gasteiger partial charge in [-0.25, -0.2) is 18.6 Å². The van der Waals surface area contributed by atoms with Crippen molar-refractivity contribution < 1.29 is 23.0 Å². The lowest BCUT2D eigenvalue weighted by Crippen LogP contribution is -2.36. The standard InChI is InChI=1S/C21H23F2N3O3/c1-21(2,3)29-20(27)26-18(19-24-16-7-5-6-8-17(16)25-19)11-13-14(22)9-12(28-4)10-15(13)23/h5-10,18H,11H2,1-4H3,(H,24,25)(H,26,27). The second kappa shape index (κ2) is 8.06. The van der Waals surface area contributed by atoms with Crippen molar-refractivity contribution in [3.8, 4) is 5.75 Å². The maximum Gasteiger partial charge on any atom is 0.408 e. The minimum absolute atomic E-state index is 0.0733. The van der Waals surface area contributed by atoms with Gasteiger partial charge in [0.15, 0.2) is 0 Å². The Morgan fingerprint density at radius 2 is 1.86 bits per heavy atom. The first-order valence-electron chi connectivity index (χ1n) is 9.12. The Bertz CT molecular complexity index is 971. The number of carbonyl (C=O) groups excluding carboxylic acids is 1. The van der Waals surface area contributed by atoms with E-state index in [9.17, 15) is 13.6 Å². The summed E-state index contributed by atoms with van der Waals surface area (Å²) in [5.41, 5.74) is 0.509. The minimum atomic E-state index is -0.838. The van der Waals surface area contributed by atoms with Crippen LogP contribution in [0.4, 0.5) is 13.6 Å². The lowest BCUT2D eigenvalue weighted by Gasteiger charge is -2.23. The molecule has 1 atom stereocenters. The van der Waals surface area contributed by atoms with Crippen molar-refractivity contribution in [3.63, 3.8) is 0 Å². The summed E-state index contributed by atoms with van der Waals surface area (Å²) < 4.78 is 39.2. The number of fused-ring (bicyclic) bond motifs is 1. The molecule has 0 aliphatic carbocycles. The fourth-order valence-corrected chi connectivity index (χ4v) is 2.90. The van der Waals surface area contributed by atoms with E-state index in [1.54, 1.807) is 26.8 Å². The number of nitrogens with zero attached hydrogens (tertiary/aromatic N) is 1. The molecule has 3 aromatic rings. The van der Waals surface area contributed by atoms with Crippen LogP contribution in [0, 0.1) is 11.6 Å². The molecule has 0 aliphatic heterocycles. The number of hydrogen-bond donors (Lipinski definition) is 2. The zero-order chi connectivity index (χ0) is 21.2. The molecule has 0 radical (unpaired) electrons. The van der Waals surface area contributed by atoms with E-state index in [1.165, 1.54) is 7.11 Å². The van der Waals surface area contributed by atoms with Crippen molar-refractivity contribution in [2.45, 2.75) is 38.8 Å². The quantitative estimate of drug-likeness (QED) is 0.650. The van der Waals surface area contributed by atoms with E-state index in [-0.39, 0.29) is 17.7 Å². The number of aromatic amines is 1. The van der Waals surface area contributed by atoms with Crippen LogP contribution >= 0.6 is 0 Å². The van der Waals surface area contributed by atoms with Crippen LogP contribution in [0.3, 0.4) is 0 Å². The number of hydrogen-bond acceptors (Lipinski definition) is 4. The number of alkyl carbamates (subject to hydrolysis) is 1. The second-order valence-electron chi connectivity index (χ2n) is 7.61. The predicted molar refractivity (Wildman–Crippen MR) is 105 cm³/mol. The third-order valence-electron chi connectivity index (χ3n) is 4.19. The van der Waals surface area contributed by atoms with E-state index in [4.69, 9.17) is 9.47 Å². The number of ether oxygens (including phenoxy) is 2. The molecule has 0 bridgehead atoms. The van der Waals surface area contributed by atoms with Gasteiger partial charge < -0.3 is 19.8 Å². The number of carbonyl (C=O) groups is 1. The normalized spacial score (nSPS) is 12.6. The zero-order valence-corrected chi connectivity index (χ0v) is 16.7. The summed E-state index contributed by atoms with van der Waals surface area (Å²) in [6, 6.07) is 8.65. The van der Waals surface area contributed by atoms with Crippen LogP contribution in [0.5, 0.6) is 5.75 Å². The Hall–Kier alpha value is -3.16. The lowest BCUT2D eigenvalue weighted by molar-refractivity contribution is 0.0500. The average Bonchev–Trinajstić information content (AvgIpc) is 3.06. The molecule has 2 aromatic carbocycles. The number of imidazole rings is 1. The Labute approximate surface area is 167 Å². The van der Waals surface area contributed by atoms with Crippen LogP contribution in [0.1, 0.15) is 38.2 Å². The summed E-state index contributed by atoms with van der Waals surface area (Å²) in [6.07, 6.45) is -0.877. The molecule has 0 saturated heterocycles. The van der Waals surface area contributed by atoms with Crippen molar-refractivity contribution in [3.05, 3.63) is 59.4 Å². The third kappa shape index (κ3) is 5.01. The molecule has 154 valence electrons. The van der Waals surface area contributed by atoms with Crippen LogP contribution in [-0.2, 0) is 11.2 Å². The topological polar surface area (TPSA) is 76.2 Å². The van der Waals surface area contributed by atoms with Crippen LogP contribution in [-0.4, -0.2) is 28.8 Å². The van der Waals surface area contributed by atoms with Crippen molar-refractivity contribution in [1.29, 1.82) is 0 Å². The molecule has 1 aromatic heterocycles. The Kier molecular flexibility index (Phi) is 5.72. The van der Waals surface area contributed by atoms with Gasteiger partial charge in [0, 0.05) is 24.1 Å².